The van der Waals surface area contributed by atoms with Gasteiger partial charge in [-0.25, -0.2) is 0 Å². The van der Waals surface area contributed by atoms with Crippen molar-refractivity contribution in [2.75, 3.05) is 11.9 Å². The van der Waals surface area contributed by atoms with Crippen molar-refractivity contribution in [3.05, 3.63) is 28.2 Å². The van der Waals surface area contributed by atoms with Crippen molar-refractivity contribution >= 4 is 33.4 Å². The zero-order valence-electron chi connectivity index (χ0n) is 13.9. The quantitative estimate of drug-likeness (QED) is 0.828. The predicted octanol–water partition coefficient (Wildman–Crippen LogP) is 4.27. The van der Waals surface area contributed by atoms with E-state index >= 15 is 0 Å². The third kappa shape index (κ3) is 5.34. The number of amides is 2. The van der Waals surface area contributed by atoms with Crippen LogP contribution < -0.4 is 5.32 Å². The fraction of sp³-hybridized carbons (Fsp3) is 0.556. The topological polar surface area (TPSA) is 49.4 Å². The molecule has 2 rings (SSSR count). The van der Waals surface area contributed by atoms with Crippen molar-refractivity contribution in [2.24, 2.45) is 0 Å². The molecule has 1 saturated carbocycles. The summed E-state index contributed by atoms with van der Waals surface area (Å²) in [6.45, 7) is 4.10. The van der Waals surface area contributed by atoms with Gasteiger partial charge in [-0.15, -0.1) is 0 Å². The van der Waals surface area contributed by atoms with Gasteiger partial charge in [0.25, 0.3) is 0 Å². The molecule has 1 aliphatic rings. The lowest BCUT2D eigenvalue weighted by atomic mass is 9.94. The van der Waals surface area contributed by atoms with Gasteiger partial charge in [-0.3, -0.25) is 9.59 Å². The van der Waals surface area contributed by atoms with Crippen molar-refractivity contribution in [3.63, 3.8) is 0 Å². The highest BCUT2D eigenvalue weighted by Gasteiger charge is 2.23. The average Bonchev–Trinajstić information content (AvgIpc) is 2.51. The van der Waals surface area contributed by atoms with Gasteiger partial charge in [0.1, 0.15) is 0 Å². The molecule has 0 radical (unpaired) electrons. The van der Waals surface area contributed by atoms with E-state index in [4.69, 9.17) is 0 Å². The second kappa shape index (κ2) is 8.48. The number of carbonyl (C=O) groups excluding carboxylic acids is 2. The summed E-state index contributed by atoms with van der Waals surface area (Å²) >= 11 is 3.46. The van der Waals surface area contributed by atoms with Gasteiger partial charge in [0.15, 0.2) is 0 Å². The van der Waals surface area contributed by atoms with Gasteiger partial charge in [0.05, 0.1) is 5.69 Å². The maximum Gasteiger partial charge on any atom is 0.226 e. The minimum absolute atomic E-state index is 0.0587. The van der Waals surface area contributed by atoms with Gasteiger partial charge >= 0.3 is 0 Å². The summed E-state index contributed by atoms with van der Waals surface area (Å²) in [5, 5.41) is 2.91. The van der Waals surface area contributed by atoms with Crippen LogP contribution in [0.1, 0.15) is 51.0 Å². The van der Waals surface area contributed by atoms with Crippen LogP contribution in [0, 0.1) is 6.92 Å². The van der Waals surface area contributed by atoms with Gasteiger partial charge in [-0.2, -0.15) is 0 Å². The monoisotopic (exact) mass is 380 g/mol. The molecule has 0 atom stereocenters. The Hall–Kier alpha value is -1.36. The van der Waals surface area contributed by atoms with Crippen LogP contribution in [0.25, 0.3) is 0 Å². The SMILES string of the molecule is CC(=O)N(CCC(=O)Nc1ccc(C)cc1Br)C1CCCCC1. The Morgan fingerprint density at radius 3 is 2.57 bits per heavy atom. The van der Waals surface area contributed by atoms with Crippen LogP contribution in [-0.2, 0) is 9.59 Å². The standard InChI is InChI=1S/C18H25BrN2O2/c1-13-8-9-17(16(19)12-13)20-18(23)10-11-21(14(2)22)15-6-4-3-5-7-15/h8-9,12,15H,3-7,10-11H2,1-2H3,(H,20,23). The Morgan fingerprint density at radius 1 is 1.26 bits per heavy atom. The third-order valence-electron chi connectivity index (χ3n) is 4.40. The number of benzene rings is 1. The van der Waals surface area contributed by atoms with Crippen molar-refractivity contribution in [3.8, 4) is 0 Å². The zero-order valence-corrected chi connectivity index (χ0v) is 15.5. The molecule has 0 aliphatic heterocycles. The molecule has 5 heteroatoms. The molecule has 1 aliphatic carbocycles. The first-order valence-corrected chi connectivity index (χ1v) is 9.10. The van der Waals surface area contributed by atoms with Crippen molar-refractivity contribution in [2.45, 2.75) is 58.4 Å². The summed E-state index contributed by atoms with van der Waals surface area (Å²) < 4.78 is 0.876. The number of nitrogens with one attached hydrogen (secondary N) is 1. The van der Waals surface area contributed by atoms with Crippen LogP contribution in [0.4, 0.5) is 5.69 Å². The smallest absolute Gasteiger partial charge is 0.226 e. The zero-order chi connectivity index (χ0) is 16.8. The van der Waals surface area contributed by atoms with E-state index < -0.39 is 0 Å². The van der Waals surface area contributed by atoms with Gasteiger partial charge in [0.2, 0.25) is 11.8 Å². The summed E-state index contributed by atoms with van der Waals surface area (Å²) in [4.78, 5) is 26.0. The second-order valence-electron chi connectivity index (χ2n) is 6.29. The van der Waals surface area contributed by atoms with E-state index in [-0.39, 0.29) is 11.8 Å². The fourth-order valence-electron chi connectivity index (χ4n) is 3.15. The number of hydrogen-bond acceptors (Lipinski definition) is 2. The number of aryl methyl sites for hydroxylation is 1. The molecule has 126 valence electrons. The lowest BCUT2D eigenvalue weighted by Gasteiger charge is -2.33. The highest BCUT2D eigenvalue weighted by Crippen LogP contribution is 2.24. The molecule has 0 bridgehead atoms. The van der Waals surface area contributed by atoms with Crippen molar-refractivity contribution in [1.82, 2.24) is 4.90 Å². The third-order valence-corrected chi connectivity index (χ3v) is 5.05. The van der Waals surface area contributed by atoms with Crippen molar-refractivity contribution in [1.29, 1.82) is 0 Å². The summed E-state index contributed by atoms with van der Waals surface area (Å²) in [5.74, 6) is 0.0119. The molecule has 1 aromatic carbocycles. The second-order valence-corrected chi connectivity index (χ2v) is 7.14. The molecule has 1 N–H and O–H groups in total. The number of halogens is 1. The molecule has 0 unspecified atom stereocenters. The summed E-state index contributed by atoms with van der Waals surface area (Å²) in [5.41, 5.74) is 1.91. The van der Waals surface area contributed by atoms with E-state index in [0.717, 1.165) is 28.6 Å². The number of anilines is 1. The molecule has 0 aromatic heterocycles. The molecular formula is C18H25BrN2O2. The largest absolute Gasteiger partial charge is 0.339 e. The highest BCUT2D eigenvalue weighted by molar-refractivity contribution is 9.10. The molecule has 0 saturated heterocycles. The summed E-state index contributed by atoms with van der Waals surface area (Å²) in [6.07, 6.45) is 6.06. The molecule has 1 fully saturated rings. The van der Waals surface area contributed by atoms with E-state index in [1.165, 1.54) is 19.3 Å². The van der Waals surface area contributed by atoms with Gasteiger partial charge < -0.3 is 10.2 Å². The van der Waals surface area contributed by atoms with E-state index in [0.29, 0.717) is 19.0 Å². The predicted molar refractivity (Wildman–Crippen MR) is 96.4 cm³/mol. The lowest BCUT2D eigenvalue weighted by molar-refractivity contribution is -0.132. The van der Waals surface area contributed by atoms with Gasteiger partial charge in [-0.1, -0.05) is 25.3 Å². The minimum atomic E-state index is -0.0587. The molecule has 2 amide bonds. The molecule has 0 heterocycles. The first-order valence-electron chi connectivity index (χ1n) is 8.30. The number of hydrogen-bond donors (Lipinski definition) is 1. The van der Waals surface area contributed by atoms with Crippen LogP contribution in [0.5, 0.6) is 0 Å². The van der Waals surface area contributed by atoms with Crippen LogP contribution >= 0.6 is 15.9 Å². The number of nitrogens with zero attached hydrogens (tertiary/aromatic N) is 1. The molecule has 4 nitrogen and oxygen atoms in total. The van der Waals surface area contributed by atoms with Crippen LogP contribution in [0.2, 0.25) is 0 Å². The lowest BCUT2D eigenvalue weighted by Crippen LogP contribution is -2.41. The first kappa shape index (κ1) is 18.0. The van der Waals surface area contributed by atoms with Crippen LogP contribution in [0.3, 0.4) is 0 Å². The Labute approximate surface area is 146 Å². The molecular weight excluding hydrogens is 356 g/mol. The van der Waals surface area contributed by atoms with E-state index in [2.05, 4.69) is 21.2 Å². The van der Waals surface area contributed by atoms with E-state index in [1.807, 2.05) is 30.0 Å². The fourth-order valence-corrected chi connectivity index (χ4v) is 3.74. The average molecular weight is 381 g/mol. The first-order chi connectivity index (χ1) is 11.0. The number of rotatable bonds is 5. The summed E-state index contributed by atoms with van der Waals surface area (Å²) in [7, 11) is 0. The molecule has 23 heavy (non-hydrogen) atoms. The van der Waals surface area contributed by atoms with Gasteiger partial charge in [-0.05, 0) is 53.4 Å². The highest BCUT2D eigenvalue weighted by atomic mass is 79.9. The van der Waals surface area contributed by atoms with Crippen LogP contribution in [-0.4, -0.2) is 29.3 Å². The Morgan fingerprint density at radius 2 is 1.96 bits per heavy atom. The Kier molecular flexibility index (Phi) is 6.63. The number of carbonyl (C=O) groups is 2. The Balaban J connectivity index is 1.89. The molecule has 1 aromatic rings. The van der Waals surface area contributed by atoms with Gasteiger partial charge in [0, 0.05) is 30.4 Å². The van der Waals surface area contributed by atoms with Crippen LogP contribution in [0.15, 0.2) is 22.7 Å². The van der Waals surface area contributed by atoms with Crippen molar-refractivity contribution < 1.29 is 9.59 Å². The maximum atomic E-state index is 12.2. The molecule has 0 spiro atoms. The Bertz CT molecular complexity index is 568. The maximum absolute atomic E-state index is 12.2. The normalized spacial score (nSPS) is 15.3. The van der Waals surface area contributed by atoms with E-state index in [9.17, 15) is 9.59 Å². The van der Waals surface area contributed by atoms with E-state index in [1.54, 1.807) is 6.92 Å². The summed E-state index contributed by atoms with van der Waals surface area (Å²) in [6, 6.07) is 6.13. The minimum Gasteiger partial charge on any atom is -0.339 e.